The van der Waals surface area contributed by atoms with Crippen LogP contribution in [0.25, 0.3) is 0 Å². The van der Waals surface area contributed by atoms with Gasteiger partial charge in [-0.2, -0.15) is 13.3 Å². The van der Waals surface area contributed by atoms with Crippen molar-refractivity contribution in [2.75, 3.05) is 0 Å². The fourth-order valence-corrected chi connectivity index (χ4v) is 1.03. The van der Waals surface area contributed by atoms with E-state index in [4.69, 9.17) is 14.3 Å². The van der Waals surface area contributed by atoms with E-state index in [1.807, 2.05) is 0 Å². The summed E-state index contributed by atoms with van der Waals surface area (Å²) in [5, 5.41) is 0. The summed E-state index contributed by atoms with van der Waals surface area (Å²) in [5.41, 5.74) is -0.597. The van der Waals surface area contributed by atoms with E-state index in [1.165, 1.54) is 13.8 Å². The Morgan fingerprint density at radius 3 is 1.71 bits per heavy atom. The van der Waals surface area contributed by atoms with Gasteiger partial charge in [-0.05, 0) is 34.6 Å². The molecule has 0 radical (unpaired) electrons. The van der Waals surface area contributed by atoms with Gasteiger partial charge in [0, 0.05) is 0 Å². The second kappa shape index (κ2) is 4.11. The van der Waals surface area contributed by atoms with Gasteiger partial charge in [0.15, 0.2) is 0 Å². The molecule has 86 valence electrons. The molecule has 14 heavy (non-hydrogen) atoms. The molecule has 0 aromatic rings. The van der Waals surface area contributed by atoms with E-state index in [9.17, 15) is 8.42 Å². The molecular weight excluding hydrogens is 212 g/mol. The van der Waals surface area contributed by atoms with E-state index >= 15 is 0 Å². The third kappa shape index (κ3) is 8.39. The lowest BCUT2D eigenvalue weighted by molar-refractivity contribution is -0.434. The van der Waals surface area contributed by atoms with Gasteiger partial charge in [0.2, 0.25) is 5.79 Å². The second-order valence-electron chi connectivity index (χ2n) is 4.19. The third-order valence-corrected chi connectivity index (χ3v) is 1.41. The molecule has 0 bridgehead atoms. The summed E-state index contributed by atoms with van der Waals surface area (Å²) in [4.78, 5) is 9.55. The molecular formula is C7H16O6S. The van der Waals surface area contributed by atoms with Crippen LogP contribution in [0.15, 0.2) is 0 Å². The maximum absolute atomic E-state index is 10.4. The van der Waals surface area contributed by atoms with Crippen molar-refractivity contribution in [3.63, 3.8) is 0 Å². The van der Waals surface area contributed by atoms with Gasteiger partial charge in [-0.1, -0.05) is 0 Å². The van der Waals surface area contributed by atoms with Gasteiger partial charge >= 0.3 is 10.4 Å². The van der Waals surface area contributed by atoms with Crippen LogP contribution in [0, 0.1) is 0 Å². The Morgan fingerprint density at radius 2 is 1.43 bits per heavy atom. The summed E-state index contributed by atoms with van der Waals surface area (Å²) < 4.78 is 33.3. The van der Waals surface area contributed by atoms with E-state index < -0.39 is 21.8 Å². The average molecular weight is 228 g/mol. The lowest BCUT2D eigenvalue weighted by Crippen LogP contribution is -2.34. The molecule has 0 heterocycles. The standard InChI is InChI=1S/C7H16O6S/c1-6(2,3)11-12-7(4,5)13-14(8,9)10/h1-5H3,(H,8,9,10). The quantitative estimate of drug-likeness (QED) is 0.338. The maximum atomic E-state index is 10.4. The molecule has 0 aliphatic heterocycles. The highest BCUT2D eigenvalue weighted by Gasteiger charge is 2.29. The topological polar surface area (TPSA) is 82.1 Å². The first-order valence-corrected chi connectivity index (χ1v) is 5.33. The molecule has 0 spiro atoms. The first-order chi connectivity index (χ1) is 5.91. The number of rotatable bonds is 4. The molecule has 0 fully saturated rings. The molecule has 0 saturated carbocycles. The van der Waals surface area contributed by atoms with Crippen LogP contribution in [0.5, 0.6) is 0 Å². The van der Waals surface area contributed by atoms with Gasteiger partial charge in [0.05, 0.1) is 5.60 Å². The normalized spacial score (nSPS) is 14.4. The van der Waals surface area contributed by atoms with E-state index in [1.54, 1.807) is 20.8 Å². The fourth-order valence-electron chi connectivity index (χ4n) is 0.493. The Hall–Kier alpha value is -0.210. The second-order valence-corrected chi connectivity index (χ2v) is 5.21. The lowest BCUT2D eigenvalue weighted by Gasteiger charge is -2.26. The van der Waals surface area contributed by atoms with Crippen LogP contribution < -0.4 is 0 Å². The molecule has 1 N–H and O–H groups in total. The van der Waals surface area contributed by atoms with Gasteiger partial charge in [-0.15, -0.1) is 0 Å². The molecule has 6 nitrogen and oxygen atoms in total. The van der Waals surface area contributed by atoms with Crippen molar-refractivity contribution < 1.29 is 26.9 Å². The molecule has 0 aromatic heterocycles. The Balaban J connectivity index is 4.23. The zero-order valence-electron chi connectivity index (χ0n) is 8.90. The van der Waals surface area contributed by atoms with Crippen LogP contribution in [-0.2, 0) is 24.4 Å². The summed E-state index contributed by atoms with van der Waals surface area (Å²) in [6.07, 6.45) is 0. The molecule has 0 atom stereocenters. The largest absolute Gasteiger partial charge is 0.400 e. The summed E-state index contributed by atoms with van der Waals surface area (Å²) in [5.74, 6) is -1.57. The van der Waals surface area contributed by atoms with Crippen molar-refractivity contribution in [1.82, 2.24) is 0 Å². The van der Waals surface area contributed by atoms with Gasteiger partial charge in [-0.25, -0.2) is 9.07 Å². The van der Waals surface area contributed by atoms with Crippen molar-refractivity contribution in [1.29, 1.82) is 0 Å². The van der Waals surface area contributed by atoms with Gasteiger partial charge < -0.3 is 0 Å². The van der Waals surface area contributed by atoms with Crippen molar-refractivity contribution in [2.45, 2.75) is 46.0 Å². The number of hydrogen-bond donors (Lipinski definition) is 1. The number of hydrogen-bond acceptors (Lipinski definition) is 5. The summed E-state index contributed by atoms with van der Waals surface area (Å²) in [6.45, 7) is 7.75. The van der Waals surface area contributed by atoms with Crippen molar-refractivity contribution in [3.05, 3.63) is 0 Å². The first kappa shape index (κ1) is 13.8. The van der Waals surface area contributed by atoms with E-state index in [0.29, 0.717) is 0 Å². The molecule has 0 amide bonds. The maximum Gasteiger partial charge on any atom is 0.400 e. The molecule has 0 saturated heterocycles. The SMILES string of the molecule is CC(C)(C)OOC(C)(C)OS(=O)(=O)O. The van der Waals surface area contributed by atoms with Crippen LogP contribution in [0.2, 0.25) is 0 Å². The Labute approximate surface area is 84.0 Å². The van der Waals surface area contributed by atoms with Gasteiger partial charge in [0.1, 0.15) is 0 Å². The summed E-state index contributed by atoms with van der Waals surface area (Å²) in [7, 11) is -4.55. The Bertz CT molecular complexity index is 273. The van der Waals surface area contributed by atoms with Gasteiger partial charge in [-0.3, -0.25) is 4.55 Å². The molecule has 7 heteroatoms. The predicted octanol–water partition coefficient (Wildman–Crippen LogP) is 1.29. The first-order valence-electron chi connectivity index (χ1n) is 3.96. The van der Waals surface area contributed by atoms with Crippen molar-refractivity contribution in [2.24, 2.45) is 0 Å². The highest BCUT2D eigenvalue weighted by molar-refractivity contribution is 7.80. The zero-order chi connectivity index (χ0) is 11.6. The summed E-state index contributed by atoms with van der Waals surface area (Å²) >= 11 is 0. The minimum atomic E-state index is -4.55. The van der Waals surface area contributed by atoms with Crippen LogP contribution in [0.3, 0.4) is 0 Å². The molecule has 0 unspecified atom stereocenters. The highest BCUT2D eigenvalue weighted by Crippen LogP contribution is 2.18. The lowest BCUT2D eigenvalue weighted by atomic mass is 10.2. The third-order valence-electron chi connectivity index (χ3n) is 0.798. The van der Waals surface area contributed by atoms with Crippen molar-refractivity contribution >= 4 is 10.4 Å². The molecule has 0 aliphatic rings. The highest BCUT2D eigenvalue weighted by atomic mass is 32.3. The van der Waals surface area contributed by atoms with Crippen LogP contribution in [0.4, 0.5) is 0 Å². The Kier molecular flexibility index (Phi) is 4.05. The van der Waals surface area contributed by atoms with Crippen LogP contribution in [0.1, 0.15) is 34.6 Å². The Morgan fingerprint density at radius 1 is 1.00 bits per heavy atom. The van der Waals surface area contributed by atoms with Crippen LogP contribution in [-0.4, -0.2) is 24.4 Å². The molecule has 0 aromatic carbocycles. The molecule has 0 rings (SSSR count). The van der Waals surface area contributed by atoms with Crippen molar-refractivity contribution in [3.8, 4) is 0 Å². The average Bonchev–Trinajstić information content (AvgIpc) is 1.76. The molecule has 0 aliphatic carbocycles. The zero-order valence-corrected chi connectivity index (χ0v) is 9.71. The minimum absolute atomic E-state index is 0.597. The fraction of sp³-hybridized carbons (Fsp3) is 1.00. The van der Waals surface area contributed by atoms with E-state index in [0.717, 1.165) is 0 Å². The summed E-state index contributed by atoms with van der Waals surface area (Å²) in [6, 6.07) is 0. The van der Waals surface area contributed by atoms with Crippen LogP contribution >= 0.6 is 0 Å². The monoisotopic (exact) mass is 228 g/mol. The van der Waals surface area contributed by atoms with E-state index in [-0.39, 0.29) is 0 Å². The minimum Gasteiger partial charge on any atom is -0.263 e. The smallest absolute Gasteiger partial charge is 0.263 e. The van der Waals surface area contributed by atoms with Gasteiger partial charge in [0.25, 0.3) is 0 Å². The van der Waals surface area contributed by atoms with E-state index in [2.05, 4.69) is 4.18 Å². The predicted molar refractivity (Wildman–Crippen MR) is 48.6 cm³/mol.